The summed E-state index contributed by atoms with van der Waals surface area (Å²) in [5.74, 6) is -1.26. The van der Waals surface area contributed by atoms with Gasteiger partial charge in [0.1, 0.15) is 0 Å². The number of benzene rings is 1. The van der Waals surface area contributed by atoms with Crippen LogP contribution in [0.5, 0.6) is 0 Å². The SMILES string of the molecule is CS(=O)(=O)c1cc(C(=O)N=C(N)N)c(Cl)cc1-c1cccnc1. The van der Waals surface area contributed by atoms with Gasteiger partial charge in [-0.05, 0) is 18.2 Å². The molecule has 0 saturated carbocycles. The Kier molecular flexibility index (Phi) is 4.67. The third-order valence-corrected chi connectivity index (χ3v) is 4.35. The number of aromatic nitrogens is 1. The molecule has 2 aromatic rings. The number of carbonyl (C=O) groups excluding carboxylic acids is 1. The summed E-state index contributed by atoms with van der Waals surface area (Å²) in [6.07, 6.45) is 4.09. The number of carbonyl (C=O) groups is 1. The molecule has 0 radical (unpaired) electrons. The van der Waals surface area contributed by atoms with E-state index in [1.165, 1.54) is 12.3 Å². The molecule has 0 fully saturated rings. The standard InChI is InChI=1S/C14H13ClN4O3S/c1-23(21,22)12-6-10(13(20)19-14(16)17)11(15)5-9(12)8-3-2-4-18-7-8/h2-7H,1H3,(H4,16,17,19,20). The lowest BCUT2D eigenvalue weighted by Crippen LogP contribution is -2.24. The first-order valence-electron chi connectivity index (χ1n) is 6.28. The third kappa shape index (κ3) is 3.85. The Labute approximate surface area is 137 Å². The summed E-state index contributed by atoms with van der Waals surface area (Å²) in [7, 11) is -3.63. The van der Waals surface area contributed by atoms with E-state index in [1.54, 1.807) is 18.3 Å². The van der Waals surface area contributed by atoms with E-state index in [4.69, 9.17) is 23.1 Å². The molecule has 120 valence electrons. The molecular weight excluding hydrogens is 340 g/mol. The van der Waals surface area contributed by atoms with Gasteiger partial charge >= 0.3 is 0 Å². The summed E-state index contributed by atoms with van der Waals surface area (Å²) < 4.78 is 24.2. The Morgan fingerprint density at radius 3 is 2.52 bits per heavy atom. The van der Waals surface area contributed by atoms with E-state index in [-0.39, 0.29) is 15.5 Å². The van der Waals surface area contributed by atoms with Crippen molar-refractivity contribution in [1.29, 1.82) is 0 Å². The maximum Gasteiger partial charge on any atom is 0.281 e. The second-order valence-corrected chi connectivity index (χ2v) is 7.08. The van der Waals surface area contributed by atoms with Gasteiger partial charge in [0.2, 0.25) is 0 Å². The molecule has 0 aliphatic rings. The van der Waals surface area contributed by atoms with Crippen LogP contribution in [0.25, 0.3) is 11.1 Å². The van der Waals surface area contributed by atoms with Crippen LogP contribution >= 0.6 is 11.6 Å². The van der Waals surface area contributed by atoms with Crippen LogP contribution in [0.2, 0.25) is 5.02 Å². The van der Waals surface area contributed by atoms with E-state index >= 15 is 0 Å². The van der Waals surface area contributed by atoms with Crippen molar-refractivity contribution in [3.63, 3.8) is 0 Å². The van der Waals surface area contributed by atoms with Gasteiger partial charge in [0.05, 0.1) is 15.5 Å². The lowest BCUT2D eigenvalue weighted by Gasteiger charge is -2.11. The molecule has 0 bridgehead atoms. The summed E-state index contributed by atoms with van der Waals surface area (Å²) >= 11 is 6.09. The highest BCUT2D eigenvalue weighted by molar-refractivity contribution is 7.90. The summed E-state index contributed by atoms with van der Waals surface area (Å²) in [4.78, 5) is 19.2. The van der Waals surface area contributed by atoms with Gasteiger partial charge in [0, 0.05) is 29.8 Å². The topological polar surface area (TPSA) is 128 Å². The average molecular weight is 353 g/mol. The summed E-state index contributed by atoms with van der Waals surface area (Å²) in [6.45, 7) is 0. The molecular formula is C14H13ClN4O3S. The fourth-order valence-corrected chi connectivity index (χ4v) is 3.10. The Bertz CT molecular complexity index is 892. The van der Waals surface area contributed by atoms with Crippen molar-refractivity contribution < 1.29 is 13.2 Å². The largest absolute Gasteiger partial charge is 0.370 e. The zero-order valence-electron chi connectivity index (χ0n) is 12.0. The Hall–Kier alpha value is -2.45. The van der Waals surface area contributed by atoms with Crippen LogP contribution in [0, 0.1) is 0 Å². The van der Waals surface area contributed by atoms with Gasteiger partial charge in [-0.15, -0.1) is 0 Å². The summed E-state index contributed by atoms with van der Waals surface area (Å²) in [5.41, 5.74) is 11.1. The zero-order valence-corrected chi connectivity index (χ0v) is 13.6. The number of sulfone groups is 1. The number of aliphatic imine (C=N–C) groups is 1. The molecule has 0 aliphatic heterocycles. The maximum absolute atomic E-state index is 12.1. The van der Waals surface area contributed by atoms with E-state index in [9.17, 15) is 13.2 Å². The van der Waals surface area contributed by atoms with E-state index in [1.807, 2.05) is 0 Å². The van der Waals surface area contributed by atoms with Gasteiger partial charge in [-0.25, -0.2) is 8.42 Å². The molecule has 0 aliphatic carbocycles. The highest BCUT2D eigenvalue weighted by Crippen LogP contribution is 2.32. The number of hydrogen-bond acceptors (Lipinski definition) is 4. The molecule has 0 saturated heterocycles. The predicted octanol–water partition coefficient (Wildman–Crippen LogP) is 1.22. The Balaban J connectivity index is 2.74. The second kappa shape index (κ2) is 6.35. The number of guanidine groups is 1. The molecule has 0 unspecified atom stereocenters. The van der Waals surface area contributed by atoms with Crippen LogP contribution in [0.15, 0.2) is 46.5 Å². The first kappa shape index (κ1) is 16.9. The van der Waals surface area contributed by atoms with Crippen molar-refractivity contribution in [3.8, 4) is 11.1 Å². The zero-order chi connectivity index (χ0) is 17.2. The monoisotopic (exact) mass is 352 g/mol. The average Bonchev–Trinajstić information content (AvgIpc) is 2.45. The van der Waals surface area contributed by atoms with Crippen LogP contribution in [-0.2, 0) is 9.84 Å². The number of rotatable bonds is 3. The van der Waals surface area contributed by atoms with E-state index in [0.717, 1.165) is 12.3 Å². The van der Waals surface area contributed by atoms with E-state index in [2.05, 4.69) is 9.98 Å². The minimum Gasteiger partial charge on any atom is -0.370 e. The number of pyridine rings is 1. The second-order valence-electron chi connectivity index (χ2n) is 4.68. The molecule has 1 aromatic carbocycles. The lowest BCUT2D eigenvalue weighted by molar-refractivity contribution is 0.100. The van der Waals surface area contributed by atoms with Crippen molar-refractivity contribution in [3.05, 3.63) is 47.2 Å². The predicted molar refractivity (Wildman–Crippen MR) is 87.9 cm³/mol. The van der Waals surface area contributed by atoms with E-state index < -0.39 is 21.7 Å². The summed E-state index contributed by atoms with van der Waals surface area (Å²) in [5, 5.41) is 0.0336. The fraction of sp³-hybridized carbons (Fsp3) is 0.0714. The fourth-order valence-electron chi connectivity index (χ4n) is 1.95. The number of amides is 1. The number of halogens is 1. The molecule has 1 amide bonds. The molecule has 0 atom stereocenters. The first-order chi connectivity index (χ1) is 10.7. The van der Waals surface area contributed by atoms with Crippen molar-refractivity contribution >= 4 is 33.3 Å². The van der Waals surface area contributed by atoms with Crippen molar-refractivity contribution in [2.24, 2.45) is 16.5 Å². The normalized spacial score (nSPS) is 11.0. The number of nitrogens with zero attached hydrogens (tertiary/aromatic N) is 2. The summed E-state index contributed by atoms with van der Waals surface area (Å²) in [6, 6.07) is 5.89. The lowest BCUT2D eigenvalue weighted by atomic mass is 10.1. The van der Waals surface area contributed by atoms with Gasteiger partial charge in [-0.3, -0.25) is 9.78 Å². The third-order valence-electron chi connectivity index (χ3n) is 2.90. The molecule has 2 rings (SSSR count). The molecule has 1 aromatic heterocycles. The Morgan fingerprint density at radius 2 is 2.00 bits per heavy atom. The number of nitrogens with two attached hydrogens (primary N) is 2. The van der Waals surface area contributed by atoms with Gasteiger partial charge in [0.15, 0.2) is 15.8 Å². The molecule has 1 heterocycles. The van der Waals surface area contributed by atoms with Gasteiger partial charge < -0.3 is 11.5 Å². The quantitative estimate of drug-likeness (QED) is 0.631. The van der Waals surface area contributed by atoms with E-state index in [0.29, 0.717) is 11.1 Å². The molecule has 23 heavy (non-hydrogen) atoms. The van der Waals surface area contributed by atoms with Crippen LogP contribution in [0.3, 0.4) is 0 Å². The van der Waals surface area contributed by atoms with Gasteiger partial charge in [-0.1, -0.05) is 17.7 Å². The highest BCUT2D eigenvalue weighted by Gasteiger charge is 2.21. The van der Waals surface area contributed by atoms with Crippen molar-refractivity contribution in [2.75, 3.05) is 6.26 Å². The highest BCUT2D eigenvalue weighted by atomic mass is 35.5. The molecule has 9 heteroatoms. The Morgan fingerprint density at radius 1 is 1.30 bits per heavy atom. The number of hydrogen-bond donors (Lipinski definition) is 2. The minimum atomic E-state index is -3.63. The smallest absolute Gasteiger partial charge is 0.281 e. The maximum atomic E-state index is 12.1. The molecule has 0 spiro atoms. The van der Waals surface area contributed by atoms with Crippen molar-refractivity contribution in [2.45, 2.75) is 4.90 Å². The minimum absolute atomic E-state index is 0.0336. The van der Waals surface area contributed by atoms with Crippen LogP contribution in [0.4, 0.5) is 0 Å². The molecule has 4 N–H and O–H groups in total. The van der Waals surface area contributed by atoms with Crippen molar-refractivity contribution in [1.82, 2.24) is 4.98 Å². The van der Waals surface area contributed by atoms with Gasteiger partial charge in [-0.2, -0.15) is 4.99 Å². The van der Waals surface area contributed by atoms with Crippen LogP contribution < -0.4 is 11.5 Å². The van der Waals surface area contributed by atoms with Crippen LogP contribution in [0.1, 0.15) is 10.4 Å². The first-order valence-corrected chi connectivity index (χ1v) is 8.55. The van der Waals surface area contributed by atoms with Gasteiger partial charge in [0.25, 0.3) is 5.91 Å². The molecule has 7 nitrogen and oxygen atoms in total. The van der Waals surface area contributed by atoms with Crippen LogP contribution in [-0.4, -0.2) is 31.5 Å².